The van der Waals surface area contributed by atoms with Crippen molar-refractivity contribution in [2.24, 2.45) is 0 Å². The summed E-state index contributed by atoms with van der Waals surface area (Å²) < 4.78 is 5.28. The average molecular weight is 410 g/mol. The van der Waals surface area contributed by atoms with Crippen LogP contribution in [0.2, 0.25) is 0 Å². The van der Waals surface area contributed by atoms with Gasteiger partial charge in [0.05, 0.1) is 7.11 Å². The zero-order valence-corrected chi connectivity index (χ0v) is 17.2. The molecule has 3 rings (SSSR count). The number of carbonyl (C=O) groups is 2. The highest BCUT2D eigenvalue weighted by Gasteiger charge is 2.13. The Bertz CT molecular complexity index is 983. The third kappa shape index (κ3) is 5.42. The zero-order valence-electron chi connectivity index (χ0n) is 16.4. The number of amides is 2. The van der Waals surface area contributed by atoms with Crippen LogP contribution in [-0.4, -0.2) is 23.9 Å². The molecular weight excluding hydrogens is 386 g/mol. The zero-order chi connectivity index (χ0) is 20.6. The molecule has 0 saturated heterocycles. The quantitative estimate of drug-likeness (QED) is 0.582. The number of aryl methyl sites for hydroxylation is 2. The number of nitrogens with zero attached hydrogens (tertiary/aromatic N) is 1. The van der Waals surface area contributed by atoms with E-state index >= 15 is 0 Å². The van der Waals surface area contributed by atoms with Crippen molar-refractivity contribution in [3.8, 4) is 16.3 Å². The topological polar surface area (TPSA) is 80.3 Å². The maximum Gasteiger partial charge on any atom is 0.289 e. The predicted molar refractivity (Wildman–Crippen MR) is 114 cm³/mol. The third-order valence-electron chi connectivity index (χ3n) is 4.48. The molecule has 0 aliphatic rings. The Labute approximate surface area is 173 Å². The van der Waals surface area contributed by atoms with Crippen molar-refractivity contribution in [2.75, 3.05) is 7.11 Å². The average Bonchev–Trinajstić information content (AvgIpc) is 3.26. The Balaban J connectivity index is 1.51. The molecule has 3 aromatic rings. The fourth-order valence-corrected chi connectivity index (χ4v) is 3.61. The number of hydrogen-bond acceptors (Lipinski definition) is 5. The van der Waals surface area contributed by atoms with Crippen molar-refractivity contribution in [3.63, 3.8) is 0 Å². The van der Waals surface area contributed by atoms with Crippen molar-refractivity contribution in [1.82, 2.24) is 15.8 Å². The number of ether oxygens (including phenoxy) is 1. The summed E-state index contributed by atoms with van der Waals surface area (Å²) in [5, 5.41) is 2.44. The number of thiazole rings is 1. The molecule has 7 heteroatoms. The summed E-state index contributed by atoms with van der Waals surface area (Å²) in [6, 6.07) is 15.6. The van der Waals surface area contributed by atoms with Crippen LogP contribution >= 0.6 is 11.3 Å². The molecule has 0 saturated carbocycles. The van der Waals surface area contributed by atoms with E-state index in [1.54, 1.807) is 12.5 Å². The molecule has 6 nitrogen and oxygen atoms in total. The van der Waals surface area contributed by atoms with Crippen LogP contribution in [0.5, 0.6) is 5.75 Å². The fraction of sp³-hybridized carbons (Fsp3) is 0.227. The Hall–Kier alpha value is -3.19. The minimum absolute atomic E-state index is 0.229. The van der Waals surface area contributed by atoms with Gasteiger partial charge in [0.25, 0.3) is 5.91 Å². The van der Waals surface area contributed by atoms with E-state index in [1.807, 2.05) is 36.4 Å². The molecule has 0 aliphatic heterocycles. The van der Waals surface area contributed by atoms with Crippen LogP contribution in [0, 0.1) is 0 Å². The van der Waals surface area contributed by atoms with Gasteiger partial charge in [-0.2, -0.15) is 0 Å². The molecule has 1 heterocycles. The van der Waals surface area contributed by atoms with E-state index in [-0.39, 0.29) is 18.0 Å². The van der Waals surface area contributed by atoms with Gasteiger partial charge in [-0.15, -0.1) is 11.3 Å². The molecule has 29 heavy (non-hydrogen) atoms. The second kappa shape index (κ2) is 9.84. The summed E-state index contributed by atoms with van der Waals surface area (Å²) in [7, 11) is 1.60. The summed E-state index contributed by atoms with van der Waals surface area (Å²) in [6.45, 7) is 2.10. The number of aromatic nitrogens is 1. The Morgan fingerprint density at radius 1 is 1.07 bits per heavy atom. The van der Waals surface area contributed by atoms with Gasteiger partial charge in [-0.05, 0) is 30.0 Å². The summed E-state index contributed by atoms with van der Waals surface area (Å²) in [5.74, 6) is 0.0180. The van der Waals surface area contributed by atoms with Crippen molar-refractivity contribution in [1.29, 1.82) is 0 Å². The van der Waals surface area contributed by atoms with E-state index in [0.717, 1.165) is 28.3 Å². The number of carbonyl (C=O) groups excluding carboxylic acids is 2. The number of methoxy groups -OCH3 is 1. The van der Waals surface area contributed by atoms with Gasteiger partial charge in [-0.25, -0.2) is 4.98 Å². The summed E-state index contributed by atoms with van der Waals surface area (Å²) in [6.07, 6.45) is 1.72. The Morgan fingerprint density at radius 2 is 1.83 bits per heavy atom. The van der Waals surface area contributed by atoms with Gasteiger partial charge in [0, 0.05) is 17.4 Å². The van der Waals surface area contributed by atoms with Gasteiger partial charge >= 0.3 is 0 Å². The Kier molecular flexibility index (Phi) is 6.97. The molecule has 150 valence electrons. The first kappa shape index (κ1) is 20.5. The van der Waals surface area contributed by atoms with E-state index < -0.39 is 5.91 Å². The second-order valence-corrected chi connectivity index (χ2v) is 7.26. The highest BCUT2D eigenvalue weighted by atomic mass is 32.1. The lowest BCUT2D eigenvalue weighted by Gasteiger charge is -2.09. The highest BCUT2D eigenvalue weighted by Crippen LogP contribution is 2.24. The van der Waals surface area contributed by atoms with Gasteiger partial charge in [0.2, 0.25) is 5.91 Å². The van der Waals surface area contributed by atoms with Crippen molar-refractivity contribution in [3.05, 3.63) is 70.7 Å². The van der Waals surface area contributed by atoms with E-state index in [2.05, 4.69) is 34.9 Å². The van der Waals surface area contributed by atoms with E-state index in [1.165, 1.54) is 16.9 Å². The summed E-state index contributed by atoms with van der Waals surface area (Å²) >= 11 is 1.39. The lowest BCUT2D eigenvalue weighted by molar-refractivity contribution is -0.121. The van der Waals surface area contributed by atoms with Crippen LogP contribution in [0.4, 0.5) is 0 Å². The van der Waals surface area contributed by atoms with Gasteiger partial charge in [-0.3, -0.25) is 20.4 Å². The van der Waals surface area contributed by atoms with Crippen LogP contribution in [-0.2, 0) is 17.6 Å². The minimum Gasteiger partial charge on any atom is -0.496 e. The molecule has 0 radical (unpaired) electrons. The lowest BCUT2D eigenvalue weighted by atomic mass is 10.1. The molecule has 0 bridgehead atoms. The first-order valence-electron chi connectivity index (χ1n) is 9.36. The molecule has 0 spiro atoms. The molecule has 1 aromatic heterocycles. The standard InChI is InChI=1S/C22H23N3O3S/c1-3-15-8-10-17(11-9-15)22-23-18(14-29-22)21(27)25-24-20(26)13-12-16-6-4-5-7-19(16)28-2/h4-11,14H,3,12-13H2,1-2H3,(H,24,26)(H,25,27). The first-order valence-corrected chi connectivity index (χ1v) is 10.2. The van der Waals surface area contributed by atoms with E-state index in [4.69, 9.17) is 4.74 Å². The van der Waals surface area contributed by atoms with E-state index in [9.17, 15) is 9.59 Å². The summed E-state index contributed by atoms with van der Waals surface area (Å²) in [4.78, 5) is 28.7. The van der Waals surface area contributed by atoms with Crippen LogP contribution in [0.15, 0.2) is 53.9 Å². The molecule has 0 atom stereocenters. The second-order valence-electron chi connectivity index (χ2n) is 6.40. The number of hydrazine groups is 1. The van der Waals surface area contributed by atoms with Gasteiger partial charge in [0.15, 0.2) is 0 Å². The number of rotatable bonds is 7. The largest absolute Gasteiger partial charge is 0.496 e. The van der Waals surface area contributed by atoms with Crippen LogP contribution in [0.25, 0.3) is 10.6 Å². The number of benzene rings is 2. The summed E-state index contributed by atoms with van der Waals surface area (Å²) in [5.41, 5.74) is 8.29. The van der Waals surface area contributed by atoms with Crippen molar-refractivity contribution >= 4 is 23.2 Å². The maximum atomic E-state index is 12.3. The molecule has 0 fully saturated rings. The molecule has 2 N–H and O–H groups in total. The predicted octanol–water partition coefficient (Wildman–Crippen LogP) is 3.77. The SMILES string of the molecule is CCc1ccc(-c2nc(C(=O)NNC(=O)CCc3ccccc3OC)cs2)cc1. The smallest absolute Gasteiger partial charge is 0.289 e. The van der Waals surface area contributed by atoms with Gasteiger partial charge in [-0.1, -0.05) is 49.4 Å². The van der Waals surface area contributed by atoms with Gasteiger partial charge < -0.3 is 4.74 Å². The lowest BCUT2D eigenvalue weighted by Crippen LogP contribution is -2.41. The third-order valence-corrected chi connectivity index (χ3v) is 5.37. The van der Waals surface area contributed by atoms with E-state index in [0.29, 0.717) is 6.42 Å². The van der Waals surface area contributed by atoms with Crippen LogP contribution in [0.1, 0.15) is 35.0 Å². The molecule has 2 amide bonds. The molecular formula is C22H23N3O3S. The number of para-hydroxylation sites is 1. The van der Waals surface area contributed by atoms with Crippen LogP contribution < -0.4 is 15.6 Å². The Morgan fingerprint density at radius 3 is 2.55 bits per heavy atom. The molecule has 0 unspecified atom stereocenters. The van der Waals surface area contributed by atoms with Crippen molar-refractivity contribution < 1.29 is 14.3 Å². The monoisotopic (exact) mass is 409 g/mol. The maximum absolute atomic E-state index is 12.3. The number of hydrogen-bond donors (Lipinski definition) is 2. The molecule has 2 aromatic carbocycles. The fourth-order valence-electron chi connectivity index (χ4n) is 2.80. The normalized spacial score (nSPS) is 10.4. The first-order chi connectivity index (χ1) is 14.1. The highest BCUT2D eigenvalue weighted by molar-refractivity contribution is 7.13. The van der Waals surface area contributed by atoms with Crippen LogP contribution in [0.3, 0.4) is 0 Å². The minimum atomic E-state index is -0.441. The van der Waals surface area contributed by atoms with Crippen molar-refractivity contribution in [2.45, 2.75) is 26.2 Å². The molecule has 0 aliphatic carbocycles. The van der Waals surface area contributed by atoms with Gasteiger partial charge in [0.1, 0.15) is 16.5 Å². The number of nitrogens with one attached hydrogen (secondary N) is 2.